The number of rotatable bonds is 10. The number of halogens is 1. The predicted molar refractivity (Wildman–Crippen MR) is 166 cm³/mol. The van der Waals surface area contributed by atoms with Crippen LogP contribution in [0.25, 0.3) is 0 Å². The van der Waals surface area contributed by atoms with Crippen LogP contribution < -0.4 is 16.0 Å². The Hall–Kier alpha value is -3.87. The summed E-state index contributed by atoms with van der Waals surface area (Å²) in [6, 6.07) is 2.73. The van der Waals surface area contributed by atoms with Crippen LogP contribution in [-0.2, 0) is 20.8 Å². The van der Waals surface area contributed by atoms with Gasteiger partial charge in [0.25, 0.3) is 5.91 Å². The molecule has 1 aliphatic heterocycles. The molecule has 2 heterocycles. The first-order valence-electron chi connectivity index (χ1n) is 15.9. The van der Waals surface area contributed by atoms with Gasteiger partial charge in [-0.25, -0.2) is 9.02 Å². The van der Waals surface area contributed by atoms with Crippen LogP contribution in [-0.4, -0.2) is 88.5 Å². The number of carbonyl (C=O) groups is 4. The number of likely N-dealkylation sites (N-methyl/N-ethyl adjacent to an activating group) is 1. The summed E-state index contributed by atoms with van der Waals surface area (Å²) < 4.78 is 20.3. The lowest BCUT2D eigenvalue weighted by Crippen LogP contribution is -2.57. The molecule has 13 heteroatoms. The molecule has 1 aromatic carbocycles. The normalized spacial score (nSPS) is 22.6. The van der Waals surface area contributed by atoms with E-state index >= 15 is 4.39 Å². The third kappa shape index (κ3) is 8.24. The molecule has 12 nitrogen and oxygen atoms in total. The van der Waals surface area contributed by atoms with Crippen molar-refractivity contribution in [1.29, 1.82) is 0 Å². The van der Waals surface area contributed by atoms with E-state index < -0.39 is 35.6 Å². The van der Waals surface area contributed by atoms with E-state index in [9.17, 15) is 19.2 Å². The highest BCUT2D eigenvalue weighted by molar-refractivity contribution is 6.01. The second kappa shape index (κ2) is 14.9. The summed E-state index contributed by atoms with van der Waals surface area (Å²) >= 11 is 0. The highest BCUT2D eigenvalue weighted by Crippen LogP contribution is 2.32. The maximum absolute atomic E-state index is 15.6. The predicted octanol–water partition coefficient (Wildman–Crippen LogP) is 3.11. The summed E-state index contributed by atoms with van der Waals surface area (Å²) in [5.41, 5.74) is 0.861. The molecule has 1 aliphatic carbocycles. The van der Waals surface area contributed by atoms with E-state index in [0.717, 1.165) is 25.7 Å². The number of piperazine rings is 1. The largest absolute Gasteiger partial charge is 0.344 e. The van der Waals surface area contributed by atoms with Crippen LogP contribution in [0.4, 0.5) is 10.1 Å². The third-order valence-corrected chi connectivity index (χ3v) is 9.38. The molecule has 4 rings (SSSR count). The third-order valence-electron chi connectivity index (χ3n) is 9.38. The molecule has 0 unspecified atom stereocenters. The first-order chi connectivity index (χ1) is 21.4. The minimum Gasteiger partial charge on any atom is -0.344 e. The average molecular weight is 628 g/mol. The van der Waals surface area contributed by atoms with Crippen molar-refractivity contribution >= 4 is 29.3 Å². The molecule has 45 heavy (non-hydrogen) atoms. The highest BCUT2D eigenvalue weighted by atomic mass is 19.1. The number of aromatic nitrogens is 2. The molecule has 1 saturated carbocycles. The maximum Gasteiger partial charge on any atom is 0.276 e. The number of anilines is 1. The van der Waals surface area contributed by atoms with Crippen LogP contribution >= 0.6 is 0 Å². The minimum absolute atomic E-state index is 0.0262. The van der Waals surface area contributed by atoms with E-state index in [-0.39, 0.29) is 35.2 Å². The highest BCUT2D eigenvalue weighted by Gasteiger charge is 2.36. The van der Waals surface area contributed by atoms with Crippen molar-refractivity contribution in [2.45, 2.75) is 90.8 Å². The molecular formula is C32H46FN7O5. The van der Waals surface area contributed by atoms with Crippen molar-refractivity contribution in [3.8, 4) is 0 Å². The Kier molecular flexibility index (Phi) is 11.3. The molecule has 2 aromatic rings. The lowest BCUT2D eigenvalue weighted by molar-refractivity contribution is -0.138. The van der Waals surface area contributed by atoms with Gasteiger partial charge in [-0.05, 0) is 67.9 Å². The summed E-state index contributed by atoms with van der Waals surface area (Å²) in [4.78, 5) is 56.3. The zero-order valence-electron chi connectivity index (χ0n) is 27.1. The fourth-order valence-corrected chi connectivity index (χ4v) is 6.22. The Labute approximate surface area is 263 Å². The van der Waals surface area contributed by atoms with Gasteiger partial charge in [-0.15, -0.1) is 0 Å². The van der Waals surface area contributed by atoms with Gasteiger partial charge in [0.15, 0.2) is 5.69 Å². The van der Waals surface area contributed by atoms with Crippen molar-refractivity contribution in [3.63, 3.8) is 0 Å². The summed E-state index contributed by atoms with van der Waals surface area (Å²) in [5, 5.41) is 15.7. The van der Waals surface area contributed by atoms with E-state index in [1.54, 1.807) is 17.9 Å². The molecule has 0 bridgehead atoms. The van der Waals surface area contributed by atoms with Crippen LogP contribution in [0, 0.1) is 17.7 Å². The number of nitrogens with zero attached hydrogens (tertiary/aromatic N) is 4. The fraction of sp³-hybridized carbons (Fsp3) is 0.625. The van der Waals surface area contributed by atoms with E-state index in [4.69, 9.17) is 4.63 Å². The minimum atomic E-state index is -0.919. The number of nitrogens with one attached hydrogen (secondary N) is 3. The molecule has 2 fully saturated rings. The molecular weight excluding hydrogens is 581 g/mol. The van der Waals surface area contributed by atoms with Gasteiger partial charge in [0.1, 0.15) is 23.6 Å². The van der Waals surface area contributed by atoms with Crippen molar-refractivity contribution in [2.24, 2.45) is 11.8 Å². The van der Waals surface area contributed by atoms with Crippen LogP contribution in [0.3, 0.4) is 0 Å². The summed E-state index contributed by atoms with van der Waals surface area (Å²) in [5.74, 6) is -2.53. The van der Waals surface area contributed by atoms with Gasteiger partial charge in [-0.3, -0.25) is 19.2 Å². The van der Waals surface area contributed by atoms with Gasteiger partial charge < -0.3 is 25.8 Å². The number of hydrogen-bond acceptors (Lipinski definition) is 8. The van der Waals surface area contributed by atoms with Gasteiger partial charge in [0.2, 0.25) is 17.7 Å². The molecule has 4 atom stereocenters. The standard InChI is InChI=1S/C32H46FN7O5/c1-7-25-29(38-45-37-25)31(43)36-28(22-10-8-18(2)9-11-22)30(42)35-26-13-12-23(16-24(26)33)20(4)27(34-21(5)41)32(44)40-15-14-39(6)19(3)17-40/h12-13,16,18-20,22,27-28H,7-11,14-15,17H2,1-6H3,(H,34,41)(H,35,42)(H,36,43)/t18-,19-,20-,22-,27+,28-/m0/s1. The zero-order chi connectivity index (χ0) is 32.8. The summed E-state index contributed by atoms with van der Waals surface area (Å²) in [6.07, 6.45) is 3.74. The Bertz CT molecular complexity index is 1380. The number of benzene rings is 1. The van der Waals surface area contributed by atoms with Crippen LogP contribution in [0.2, 0.25) is 0 Å². The van der Waals surface area contributed by atoms with Crippen LogP contribution in [0.1, 0.15) is 88.0 Å². The molecule has 0 radical (unpaired) electrons. The second-order valence-corrected chi connectivity index (χ2v) is 12.7. The fourth-order valence-electron chi connectivity index (χ4n) is 6.22. The smallest absolute Gasteiger partial charge is 0.276 e. The molecule has 2 aliphatic rings. The molecule has 1 aromatic heterocycles. The first kappa shape index (κ1) is 34.0. The van der Waals surface area contributed by atoms with E-state index in [2.05, 4.69) is 38.1 Å². The van der Waals surface area contributed by atoms with Crippen molar-refractivity contribution in [2.75, 3.05) is 32.0 Å². The van der Waals surface area contributed by atoms with E-state index in [1.165, 1.54) is 19.1 Å². The molecule has 3 N–H and O–H groups in total. The monoisotopic (exact) mass is 627 g/mol. The lowest BCUT2D eigenvalue weighted by Gasteiger charge is -2.40. The summed E-state index contributed by atoms with van der Waals surface area (Å²) in [6.45, 7) is 10.9. The molecule has 1 saturated heterocycles. The Morgan fingerprint density at radius 1 is 1.07 bits per heavy atom. The lowest BCUT2D eigenvalue weighted by atomic mass is 9.79. The van der Waals surface area contributed by atoms with E-state index in [1.807, 2.05) is 20.9 Å². The van der Waals surface area contributed by atoms with Crippen LogP contribution in [0.15, 0.2) is 22.8 Å². The Morgan fingerprint density at radius 2 is 1.78 bits per heavy atom. The topological polar surface area (TPSA) is 150 Å². The Morgan fingerprint density at radius 3 is 2.40 bits per heavy atom. The van der Waals surface area contributed by atoms with Gasteiger partial charge in [-0.1, -0.05) is 44.8 Å². The molecule has 0 spiro atoms. The van der Waals surface area contributed by atoms with Crippen molar-refractivity contribution < 1.29 is 28.2 Å². The van der Waals surface area contributed by atoms with Gasteiger partial charge in [-0.2, -0.15) is 0 Å². The van der Waals surface area contributed by atoms with E-state index in [0.29, 0.717) is 43.2 Å². The van der Waals surface area contributed by atoms with Gasteiger partial charge in [0, 0.05) is 38.5 Å². The van der Waals surface area contributed by atoms with Crippen LogP contribution in [0.5, 0.6) is 0 Å². The van der Waals surface area contributed by atoms with Crippen molar-refractivity contribution in [1.82, 2.24) is 30.7 Å². The van der Waals surface area contributed by atoms with Gasteiger partial charge >= 0.3 is 0 Å². The quantitative estimate of drug-likeness (QED) is 0.364. The number of hydrogen-bond donors (Lipinski definition) is 3. The first-order valence-corrected chi connectivity index (χ1v) is 15.9. The number of amides is 4. The SMILES string of the molecule is CCc1nonc1C(=O)N[C@H](C(=O)Nc1ccc([C@H](C)[C@@H](NC(C)=O)C(=O)N2CCN(C)[C@@H](C)C2)cc1F)[C@H]1CC[C@H](C)CC1. The van der Waals surface area contributed by atoms with Crippen molar-refractivity contribution in [3.05, 3.63) is 41.0 Å². The summed E-state index contributed by atoms with van der Waals surface area (Å²) in [7, 11) is 2.01. The zero-order valence-corrected chi connectivity index (χ0v) is 27.1. The van der Waals surface area contributed by atoms with Gasteiger partial charge in [0.05, 0.1) is 5.69 Å². The average Bonchev–Trinajstić information content (AvgIpc) is 3.50. The number of aryl methyl sites for hydroxylation is 1. The number of carbonyl (C=O) groups excluding carboxylic acids is 4. The molecule has 246 valence electrons. The Balaban J connectivity index is 1.51. The second-order valence-electron chi connectivity index (χ2n) is 12.7. The maximum atomic E-state index is 15.6. The molecule has 4 amide bonds.